The van der Waals surface area contributed by atoms with Crippen LogP contribution in [0.15, 0.2) is 176 Å². The maximum absolute atomic E-state index is 5.26. The van der Waals surface area contributed by atoms with Crippen LogP contribution < -0.4 is 0 Å². The Hall–Kier alpha value is -6.36. The van der Waals surface area contributed by atoms with Crippen LogP contribution >= 0.6 is 11.3 Å². The van der Waals surface area contributed by atoms with Crippen molar-refractivity contribution in [2.45, 2.75) is 0 Å². The van der Waals surface area contributed by atoms with Crippen LogP contribution in [0.3, 0.4) is 0 Å². The van der Waals surface area contributed by atoms with E-state index in [0.29, 0.717) is 0 Å². The van der Waals surface area contributed by atoms with Gasteiger partial charge >= 0.3 is 0 Å². The fourth-order valence-corrected chi connectivity index (χ4v) is 8.47. The molecule has 10 rings (SSSR count). The number of aromatic nitrogens is 3. The normalized spacial score (nSPS) is 11.6. The standard InChI is InChI=1S/C46H29N3S/c1-4-13-30(14-5-1)34-25-28-40-38(29-34)37-19-10-11-21-39(37)49(40)35-26-23-31(24-27-35)36-20-12-22-41-42(36)44-45(50-41)43(32-15-6-2-7-16-32)47-46(48-44)33-17-8-3-9-18-33/h1-29H. The van der Waals surface area contributed by atoms with Gasteiger partial charge in [-0.05, 0) is 58.7 Å². The Bertz CT molecular complexity index is 2840. The SMILES string of the molecule is c1ccc(-c2ccc3c(c2)c2ccccc2n3-c2ccc(-c3cccc4sc5c(-c6ccccc6)nc(-c6ccccc6)nc5c34)cc2)cc1. The maximum atomic E-state index is 5.26. The van der Waals surface area contributed by atoms with E-state index in [1.807, 2.05) is 24.3 Å². The number of fused-ring (bicyclic) bond motifs is 6. The number of thiophene rings is 1. The summed E-state index contributed by atoms with van der Waals surface area (Å²) in [5, 5.41) is 3.67. The average Bonchev–Trinajstić information content (AvgIpc) is 3.74. The molecule has 0 fully saturated rings. The highest BCUT2D eigenvalue weighted by Crippen LogP contribution is 2.44. The lowest BCUT2D eigenvalue weighted by Crippen LogP contribution is -1.94. The lowest BCUT2D eigenvalue weighted by Gasteiger charge is -2.11. The summed E-state index contributed by atoms with van der Waals surface area (Å²) in [5.41, 5.74) is 12.4. The second kappa shape index (κ2) is 11.7. The molecule has 0 radical (unpaired) electrons. The third kappa shape index (κ3) is 4.65. The number of hydrogen-bond donors (Lipinski definition) is 0. The first kappa shape index (κ1) is 28.6. The summed E-state index contributed by atoms with van der Waals surface area (Å²) in [6.45, 7) is 0. The summed E-state index contributed by atoms with van der Waals surface area (Å²) in [5.74, 6) is 0.739. The molecule has 0 aliphatic rings. The highest BCUT2D eigenvalue weighted by molar-refractivity contribution is 7.26. The zero-order chi connectivity index (χ0) is 33.0. The lowest BCUT2D eigenvalue weighted by molar-refractivity contribution is 1.18. The van der Waals surface area contributed by atoms with E-state index in [-0.39, 0.29) is 0 Å². The number of nitrogens with zero attached hydrogens (tertiary/aromatic N) is 3. The maximum Gasteiger partial charge on any atom is 0.160 e. The third-order valence-electron chi connectivity index (χ3n) is 9.64. The van der Waals surface area contributed by atoms with E-state index in [2.05, 4.69) is 156 Å². The van der Waals surface area contributed by atoms with E-state index in [9.17, 15) is 0 Å². The zero-order valence-electron chi connectivity index (χ0n) is 27.0. The summed E-state index contributed by atoms with van der Waals surface area (Å²) in [6, 6.07) is 62.5. The van der Waals surface area contributed by atoms with Gasteiger partial charge in [-0.3, -0.25) is 0 Å². The minimum Gasteiger partial charge on any atom is -0.309 e. The van der Waals surface area contributed by atoms with E-state index in [4.69, 9.17) is 9.97 Å². The van der Waals surface area contributed by atoms with Gasteiger partial charge in [0.05, 0.1) is 26.9 Å². The molecule has 3 nitrogen and oxygen atoms in total. The smallest absolute Gasteiger partial charge is 0.160 e. The van der Waals surface area contributed by atoms with Crippen molar-refractivity contribution in [2.24, 2.45) is 0 Å². The van der Waals surface area contributed by atoms with Crippen molar-refractivity contribution in [3.63, 3.8) is 0 Å². The molecule has 0 aliphatic carbocycles. The number of hydrogen-bond acceptors (Lipinski definition) is 3. The van der Waals surface area contributed by atoms with Gasteiger partial charge in [0, 0.05) is 37.7 Å². The fourth-order valence-electron chi connectivity index (χ4n) is 7.29. The van der Waals surface area contributed by atoms with Gasteiger partial charge in [-0.25, -0.2) is 9.97 Å². The van der Waals surface area contributed by atoms with Gasteiger partial charge in [-0.1, -0.05) is 140 Å². The topological polar surface area (TPSA) is 30.7 Å². The molecule has 0 saturated carbocycles. The van der Waals surface area contributed by atoms with Gasteiger partial charge in [0.15, 0.2) is 5.82 Å². The van der Waals surface area contributed by atoms with Crippen LogP contribution in [-0.2, 0) is 0 Å². The first-order valence-electron chi connectivity index (χ1n) is 16.8. The number of para-hydroxylation sites is 1. The summed E-state index contributed by atoms with van der Waals surface area (Å²) >= 11 is 1.77. The van der Waals surface area contributed by atoms with Gasteiger partial charge < -0.3 is 4.57 Å². The van der Waals surface area contributed by atoms with Crippen molar-refractivity contribution in [3.05, 3.63) is 176 Å². The van der Waals surface area contributed by atoms with Crippen LogP contribution in [0.2, 0.25) is 0 Å². The van der Waals surface area contributed by atoms with E-state index < -0.39 is 0 Å². The minimum atomic E-state index is 0.739. The molecule has 234 valence electrons. The molecule has 0 N–H and O–H groups in total. The first-order valence-corrected chi connectivity index (χ1v) is 17.7. The largest absolute Gasteiger partial charge is 0.309 e. The molecule has 0 spiro atoms. The average molecular weight is 656 g/mol. The van der Waals surface area contributed by atoms with E-state index >= 15 is 0 Å². The van der Waals surface area contributed by atoms with Crippen LogP contribution in [-0.4, -0.2) is 14.5 Å². The highest BCUT2D eigenvalue weighted by Gasteiger charge is 2.19. The van der Waals surface area contributed by atoms with Crippen LogP contribution in [0.4, 0.5) is 0 Å². The van der Waals surface area contributed by atoms with E-state index in [1.165, 1.54) is 48.6 Å². The quantitative estimate of drug-likeness (QED) is 0.185. The molecule has 4 heteroatoms. The van der Waals surface area contributed by atoms with Crippen molar-refractivity contribution in [2.75, 3.05) is 0 Å². The monoisotopic (exact) mass is 655 g/mol. The van der Waals surface area contributed by atoms with Gasteiger partial charge in [0.1, 0.15) is 0 Å². The Labute approximate surface area is 293 Å². The molecule has 7 aromatic carbocycles. The Morgan fingerprint density at radius 1 is 0.440 bits per heavy atom. The van der Waals surface area contributed by atoms with Crippen LogP contribution in [0.5, 0.6) is 0 Å². The van der Waals surface area contributed by atoms with Gasteiger partial charge in [-0.2, -0.15) is 0 Å². The van der Waals surface area contributed by atoms with Crippen molar-refractivity contribution < 1.29 is 0 Å². The van der Waals surface area contributed by atoms with Crippen LogP contribution in [0.1, 0.15) is 0 Å². The molecule has 50 heavy (non-hydrogen) atoms. The number of benzene rings is 7. The van der Waals surface area contributed by atoms with Crippen molar-refractivity contribution in [1.82, 2.24) is 14.5 Å². The fraction of sp³-hybridized carbons (Fsp3) is 0. The third-order valence-corrected chi connectivity index (χ3v) is 10.8. The Kier molecular flexibility index (Phi) is 6.68. The molecule has 0 amide bonds. The van der Waals surface area contributed by atoms with Gasteiger partial charge in [0.25, 0.3) is 0 Å². The summed E-state index contributed by atoms with van der Waals surface area (Å²) in [4.78, 5) is 10.4. The minimum absolute atomic E-state index is 0.739. The molecule has 0 bridgehead atoms. The van der Waals surface area contributed by atoms with Gasteiger partial charge in [0.2, 0.25) is 0 Å². The molecule has 3 aromatic heterocycles. The predicted molar refractivity (Wildman–Crippen MR) is 211 cm³/mol. The van der Waals surface area contributed by atoms with Crippen molar-refractivity contribution in [3.8, 4) is 50.6 Å². The van der Waals surface area contributed by atoms with Crippen molar-refractivity contribution in [1.29, 1.82) is 0 Å². The Morgan fingerprint density at radius 3 is 1.84 bits per heavy atom. The molecule has 0 atom stereocenters. The second-order valence-corrected chi connectivity index (χ2v) is 13.6. The molecular weight excluding hydrogens is 627 g/mol. The first-order chi connectivity index (χ1) is 24.8. The molecule has 0 aliphatic heterocycles. The Morgan fingerprint density at radius 2 is 1.08 bits per heavy atom. The van der Waals surface area contributed by atoms with Crippen molar-refractivity contribution >= 4 is 53.4 Å². The molecule has 0 unspecified atom stereocenters. The molecule has 0 saturated heterocycles. The number of rotatable bonds is 5. The summed E-state index contributed by atoms with van der Waals surface area (Å²) in [7, 11) is 0. The second-order valence-electron chi connectivity index (χ2n) is 12.6. The molecular formula is C46H29N3S. The zero-order valence-corrected chi connectivity index (χ0v) is 27.8. The predicted octanol–water partition coefficient (Wildman–Crippen LogP) is 12.6. The molecule has 10 aromatic rings. The van der Waals surface area contributed by atoms with Crippen LogP contribution in [0, 0.1) is 0 Å². The summed E-state index contributed by atoms with van der Waals surface area (Å²) < 4.78 is 4.69. The van der Waals surface area contributed by atoms with Gasteiger partial charge in [-0.15, -0.1) is 11.3 Å². The van der Waals surface area contributed by atoms with Crippen LogP contribution in [0.25, 0.3) is 92.7 Å². The summed E-state index contributed by atoms with van der Waals surface area (Å²) in [6.07, 6.45) is 0. The molecule has 3 heterocycles. The van der Waals surface area contributed by atoms with E-state index in [0.717, 1.165) is 44.1 Å². The lowest BCUT2D eigenvalue weighted by atomic mass is 10.00. The van der Waals surface area contributed by atoms with E-state index in [1.54, 1.807) is 11.3 Å². The Balaban J connectivity index is 1.14. The highest BCUT2D eigenvalue weighted by atomic mass is 32.1.